The molecule has 2 aromatic rings. The number of rotatable bonds is 3. The lowest BCUT2D eigenvalue weighted by Gasteiger charge is -2.19. The highest BCUT2D eigenvalue weighted by Crippen LogP contribution is 2.29. The van der Waals surface area contributed by atoms with Crippen molar-refractivity contribution in [3.8, 4) is 11.4 Å². The molecule has 0 amide bonds. The fourth-order valence-electron chi connectivity index (χ4n) is 2.66. The number of nitrogens with zero attached hydrogens (tertiary/aromatic N) is 2. The van der Waals surface area contributed by atoms with Crippen molar-refractivity contribution in [1.29, 1.82) is 0 Å². The third-order valence-electron chi connectivity index (χ3n) is 3.61. The first-order valence-corrected chi connectivity index (χ1v) is 7.97. The first kappa shape index (κ1) is 13.6. The minimum atomic E-state index is 0.822. The predicted molar refractivity (Wildman–Crippen MR) is 86.0 cm³/mol. The lowest BCUT2D eigenvalue weighted by atomic mass is 9.96. The molecule has 0 fully saturated rings. The SMILES string of the molecule is CCNc1nc(-c2cccc(Br)c2)nc2c1CCCC2. The average molecular weight is 332 g/mol. The second-order valence-electron chi connectivity index (χ2n) is 5.07. The summed E-state index contributed by atoms with van der Waals surface area (Å²) in [5, 5.41) is 3.40. The molecule has 1 N–H and O–H groups in total. The number of nitrogens with one attached hydrogen (secondary N) is 1. The maximum atomic E-state index is 4.80. The number of aryl methyl sites for hydroxylation is 1. The van der Waals surface area contributed by atoms with Crippen molar-refractivity contribution >= 4 is 21.7 Å². The molecule has 0 bridgehead atoms. The van der Waals surface area contributed by atoms with Gasteiger partial charge in [-0.2, -0.15) is 0 Å². The van der Waals surface area contributed by atoms with E-state index in [2.05, 4.69) is 40.3 Å². The highest BCUT2D eigenvalue weighted by molar-refractivity contribution is 9.10. The molecule has 1 aromatic carbocycles. The Morgan fingerprint density at radius 2 is 2.05 bits per heavy atom. The molecule has 0 atom stereocenters. The summed E-state index contributed by atoms with van der Waals surface area (Å²) < 4.78 is 1.06. The Kier molecular flexibility index (Phi) is 4.01. The molecule has 104 valence electrons. The number of halogens is 1. The minimum absolute atomic E-state index is 0.822. The van der Waals surface area contributed by atoms with Crippen molar-refractivity contribution in [2.75, 3.05) is 11.9 Å². The monoisotopic (exact) mass is 331 g/mol. The van der Waals surface area contributed by atoms with E-state index in [1.807, 2.05) is 12.1 Å². The fourth-order valence-corrected chi connectivity index (χ4v) is 3.06. The number of anilines is 1. The van der Waals surface area contributed by atoms with Crippen LogP contribution in [0.2, 0.25) is 0 Å². The average Bonchev–Trinajstić information content (AvgIpc) is 2.47. The Morgan fingerprint density at radius 3 is 2.85 bits per heavy atom. The van der Waals surface area contributed by atoms with Gasteiger partial charge in [-0.05, 0) is 44.7 Å². The first-order chi connectivity index (χ1) is 9.78. The number of hydrogen-bond acceptors (Lipinski definition) is 3. The molecule has 3 nitrogen and oxygen atoms in total. The molecule has 1 aliphatic carbocycles. The number of hydrogen-bond donors (Lipinski definition) is 1. The molecule has 20 heavy (non-hydrogen) atoms. The van der Waals surface area contributed by atoms with Gasteiger partial charge in [0.1, 0.15) is 5.82 Å². The van der Waals surface area contributed by atoms with Gasteiger partial charge in [0.15, 0.2) is 5.82 Å². The maximum Gasteiger partial charge on any atom is 0.161 e. The smallest absolute Gasteiger partial charge is 0.161 e. The summed E-state index contributed by atoms with van der Waals surface area (Å²) in [5.41, 5.74) is 3.60. The Balaban J connectivity index is 2.10. The summed E-state index contributed by atoms with van der Waals surface area (Å²) in [5.74, 6) is 1.84. The number of fused-ring (bicyclic) bond motifs is 1. The van der Waals surface area contributed by atoms with Crippen LogP contribution in [0.5, 0.6) is 0 Å². The molecular formula is C16H18BrN3. The lowest BCUT2D eigenvalue weighted by Crippen LogP contribution is -2.13. The normalized spacial score (nSPS) is 13.9. The molecule has 4 heteroatoms. The van der Waals surface area contributed by atoms with Gasteiger partial charge >= 0.3 is 0 Å². The van der Waals surface area contributed by atoms with E-state index in [-0.39, 0.29) is 0 Å². The van der Waals surface area contributed by atoms with Crippen LogP contribution in [0.1, 0.15) is 31.0 Å². The highest BCUT2D eigenvalue weighted by atomic mass is 79.9. The second kappa shape index (κ2) is 5.92. The largest absolute Gasteiger partial charge is 0.370 e. The quantitative estimate of drug-likeness (QED) is 0.915. The molecule has 1 aromatic heterocycles. The van der Waals surface area contributed by atoms with E-state index in [4.69, 9.17) is 9.97 Å². The van der Waals surface area contributed by atoms with Crippen molar-refractivity contribution in [3.63, 3.8) is 0 Å². The van der Waals surface area contributed by atoms with Gasteiger partial charge in [-0.15, -0.1) is 0 Å². The molecular weight excluding hydrogens is 314 g/mol. The first-order valence-electron chi connectivity index (χ1n) is 7.17. The molecule has 0 unspecified atom stereocenters. The molecule has 0 aliphatic heterocycles. The summed E-state index contributed by atoms with van der Waals surface area (Å²) in [6.07, 6.45) is 4.63. The Morgan fingerprint density at radius 1 is 1.20 bits per heavy atom. The summed E-state index contributed by atoms with van der Waals surface area (Å²) in [6, 6.07) is 8.17. The summed E-state index contributed by atoms with van der Waals surface area (Å²) in [4.78, 5) is 9.54. The van der Waals surface area contributed by atoms with Crippen LogP contribution in [0.4, 0.5) is 5.82 Å². The topological polar surface area (TPSA) is 37.8 Å². The number of benzene rings is 1. The summed E-state index contributed by atoms with van der Waals surface area (Å²) in [7, 11) is 0. The van der Waals surface area contributed by atoms with Crippen LogP contribution in [0.15, 0.2) is 28.7 Å². The van der Waals surface area contributed by atoms with Crippen molar-refractivity contribution < 1.29 is 0 Å². The van der Waals surface area contributed by atoms with Crippen LogP contribution in [0, 0.1) is 0 Å². The Labute approximate surface area is 128 Å². The van der Waals surface area contributed by atoms with Crippen LogP contribution in [-0.4, -0.2) is 16.5 Å². The van der Waals surface area contributed by atoms with Crippen LogP contribution in [0.25, 0.3) is 11.4 Å². The zero-order valence-electron chi connectivity index (χ0n) is 11.6. The molecule has 0 saturated carbocycles. The third kappa shape index (κ3) is 2.70. The van der Waals surface area contributed by atoms with Gasteiger partial charge in [0.25, 0.3) is 0 Å². The van der Waals surface area contributed by atoms with E-state index in [1.165, 1.54) is 24.1 Å². The van der Waals surface area contributed by atoms with E-state index < -0.39 is 0 Å². The zero-order chi connectivity index (χ0) is 13.9. The van der Waals surface area contributed by atoms with Crippen LogP contribution >= 0.6 is 15.9 Å². The molecule has 0 spiro atoms. The molecule has 1 aliphatic rings. The summed E-state index contributed by atoms with van der Waals surface area (Å²) in [6.45, 7) is 3.00. The maximum absolute atomic E-state index is 4.80. The van der Waals surface area contributed by atoms with Crippen LogP contribution < -0.4 is 5.32 Å². The van der Waals surface area contributed by atoms with Gasteiger partial charge in [-0.1, -0.05) is 28.1 Å². The van der Waals surface area contributed by atoms with Crippen LogP contribution in [-0.2, 0) is 12.8 Å². The Hall–Kier alpha value is -1.42. The van der Waals surface area contributed by atoms with Gasteiger partial charge in [-0.25, -0.2) is 9.97 Å². The number of aromatic nitrogens is 2. The second-order valence-corrected chi connectivity index (χ2v) is 5.98. The van der Waals surface area contributed by atoms with E-state index >= 15 is 0 Å². The summed E-state index contributed by atoms with van der Waals surface area (Å²) >= 11 is 3.51. The van der Waals surface area contributed by atoms with Crippen molar-refractivity contribution in [1.82, 2.24) is 9.97 Å². The minimum Gasteiger partial charge on any atom is -0.370 e. The van der Waals surface area contributed by atoms with Crippen molar-refractivity contribution in [3.05, 3.63) is 40.0 Å². The van der Waals surface area contributed by atoms with Gasteiger partial charge < -0.3 is 5.32 Å². The fraction of sp³-hybridized carbons (Fsp3) is 0.375. The molecule has 0 saturated heterocycles. The van der Waals surface area contributed by atoms with E-state index in [0.29, 0.717) is 0 Å². The highest BCUT2D eigenvalue weighted by Gasteiger charge is 2.18. The lowest BCUT2D eigenvalue weighted by molar-refractivity contribution is 0.665. The predicted octanol–water partition coefficient (Wildman–Crippen LogP) is 4.22. The van der Waals surface area contributed by atoms with Crippen molar-refractivity contribution in [2.45, 2.75) is 32.6 Å². The van der Waals surface area contributed by atoms with Gasteiger partial charge in [0.05, 0.1) is 0 Å². The standard InChI is InChI=1S/C16H18BrN3/c1-2-18-16-13-8-3-4-9-14(13)19-15(20-16)11-6-5-7-12(17)10-11/h5-7,10H,2-4,8-9H2,1H3,(H,18,19,20). The molecule has 3 rings (SSSR count). The van der Waals surface area contributed by atoms with E-state index in [1.54, 1.807) is 0 Å². The van der Waals surface area contributed by atoms with E-state index in [9.17, 15) is 0 Å². The van der Waals surface area contributed by atoms with E-state index in [0.717, 1.165) is 41.1 Å². The molecule has 0 radical (unpaired) electrons. The van der Waals surface area contributed by atoms with Crippen LogP contribution in [0.3, 0.4) is 0 Å². The molecule has 1 heterocycles. The zero-order valence-corrected chi connectivity index (χ0v) is 13.2. The van der Waals surface area contributed by atoms with Gasteiger partial charge in [0.2, 0.25) is 0 Å². The van der Waals surface area contributed by atoms with Crippen molar-refractivity contribution in [2.24, 2.45) is 0 Å². The third-order valence-corrected chi connectivity index (χ3v) is 4.10. The Bertz CT molecular complexity index is 625. The van der Waals surface area contributed by atoms with Gasteiger partial charge in [0, 0.05) is 27.8 Å². The van der Waals surface area contributed by atoms with Gasteiger partial charge in [-0.3, -0.25) is 0 Å².